The lowest BCUT2D eigenvalue weighted by Crippen LogP contribution is -2.28. The molecule has 2 aromatic rings. The van der Waals surface area contributed by atoms with Gasteiger partial charge >= 0.3 is 6.09 Å². The Hall–Kier alpha value is -2.07. The highest BCUT2D eigenvalue weighted by Gasteiger charge is 2.03. The first-order valence-electron chi connectivity index (χ1n) is 5.94. The fourth-order valence-electron chi connectivity index (χ4n) is 1.67. The van der Waals surface area contributed by atoms with E-state index in [1.165, 1.54) is 0 Å². The number of nitrogens with two attached hydrogens (primary N) is 1. The van der Waals surface area contributed by atoms with Crippen LogP contribution in [-0.4, -0.2) is 19.2 Å². The third-order valence-electron chi connectivity index (χ3n) is 2.58. The predicted octanol–water partition coefficient (Wildman–Crippen LogP) is 2.28. The summed E-state index contributed by atoms with van der Waals surface area (Å²) in [6.07, 6.45) is 0.297. The summed E-state index contributed by atoms with van der Waals surface area (Å²) in [7, 11) is 0. The lowest BCUT2D eigenvalue weighted by Gasteiger charge is -2.06. The van der Waals surface area contributed by atoms with Crippen molar-refractivity contribution >= 4 is 16.9 Å². The minimum Gasteiger partial charge on any atom is -0.410 e. The van der Waals surface area contributed by atoms with Crippen LogP contribution in [0, 0.1) is 0 Å². The normalized spacial score (nSPS) is 10.3. The molecule has 0 atom stereocenters. The summed E-state index contributed by atoms with van der Waals surface area (Å²) in [5.74, 6) is 0.541. The molecule has 0 unspecified atom stereocenters. The van der Waals surface area contributed by atoms with Crippen LogP contribution in [0.3, 0.4) is 0 Å². The highest BCUT2D eigenvalue weighted by molar-refractivity contribution is 5.84. The zero-order valence-electron chi connectivity index (χ0n) is 10.1. The number of nitrogens with one attached hydrogen (secondary N) is 1. The Bertz CT molecular complexity index is 540. The Kier molecular flexibility index (Phi) is 4.15. The molecule has 1 amide bonds. The van der Waals surface area contributed by atoms with E-state index >= 15 is 0 Å². The van der Waals surface area contributed by atoms with Gasteiger partial charge in [-0.3, -0.25) is 0 Å². The average Bonchev–Trinajstić information content (AvgIpc) is 2.39. The number of benzene rings is 2. The van der Waals surface area contributed by atoms with Gasteiger partial charge in [-0.25, -0.2) is 4.79 Å². The molecule has 0 fully saturated rings. The molecule has 0 saturated carbocycles. The monoisotopic (exact) mass is 244 g/mol. The van der Waals surface area contributed by atoms with E-state index in [9.17, 15) is 4.79 Å². The van der Waals surface area contributed by atoms with Crippen molar-refractivity contribution in [3.63, 3.8) is 0 Å². The quantitative estimate of drug-likeness (QED) is 0.811. The van der Waals surface area contributed by atoms with E-state index in [1.54, 1.807) is 6.07 Å². The SMILES string of the molecule is NCCCNC(=O)Oc1ccc2ccccc2c1. The van der Waals surface area contributed by atoms with E-state index in [1.807, 2.05) is 36.4 Å². The molecule has 0 bridgehead atoms. The van der Waals surface area contributed by atoms with Crippen molar-refractivity contribution in [2.45, 2.75) is 6.42 Å². The third-order valence-corrected chi connectivity index (χ3v) is 2.58. The van der Waals surface area contributed by atoms with Crippen LogP contribution in [0.4, 0.5) is 4.79 Å². The predicted molar refractivity (Wildman–Crippen MR) is 71.6 cm³/mol. The lowest BCUT2D eigenvalue weighted by molar-refractivity contribution is 0.200. The van der Waals surface area contributed by atoms with Gasteiger partial charge in [-0.05, 0) is 35.9 Å². The number of hydrogen-bond acceptors (Lipinski definition) is 3. The number of hydrogen-bond donors (Lipinski definition) is 2. The Morgan fingerprint density at radius 1 is 1.17 bits per heavy atom. The zero-order valence-corrected chi connectivity index (χ0v) is 10.1. The second-order valence-electron chi connectivity index (χ2n) is 3.97. The smallest absolute Gasteiger partial charge is 0.410 e. The molecule has 3 N–H and O–H groups in total. The van der Waals surface area contributed by atoms with Gasteiger partial charge in [0.1, 0.15) is 5.75 Å². The summed E-state index contributed by atoms with van der Waals surface area (Å²) in [6.45, 7) is 1.08. The highest BCUT2D eigenvalue weighted by Crippen LogP contribution is 2.20. The molecule has 4 nitrogen and oxygen atoms in total. The van der Waals surface area contributed by atoms with Gasteiger partial charge in [0.15, 0.2) is 0 Å². The first-order valence-corrected chi connectivity index (χ1v) is 5.94. The second kappa shape index (κ2) is 6.02. The molecule has 0 aromatic heterocycles. The van der Waals surface area contributed by atoms with Crippen LogP contribution < -0.4 is 15.8 Å². The summed E-state index contributed by atoms with van der Waals surface area (Å²) in [4.78, 5) is 11.4. The van der Waals surface area contributed by atoms with E-state index in [2.05, 4.69) is 5.32 Å². The Labute approximate surface area is 106 Å². The van der Waals surface area contributed by atoms with Crippen LogP contribution in [0.2, 0.25) is 0 Å². The van der Waals surface area contributed by atoms with Crippen molar-refractivity contribution in [2.75, 3.05) is 13.1 Å². The van der Waals surface area contributed by atoms with Crippen molar-refractivity contribution in [3.8, 4) is 5.75 Å². The molecular formula is C14H16N2O2. The van der Waals surface area contributed by atoms with E-state index in [-0.39, 0.29) is 0 Å². The zero-order chi connectivity index (χ0) is 12.8. The van der Waals surface area contributed by atoms with Gasteiger partial charge < -0.3 is 15.8 Å². The van der Waals surface area contributed by atoms with Crippen molar-refractivity contribution in [1.29, 1.82) is 0 Å². The van der Waals surface area contributed by atoms with Crippen LogP contribution in [-0.2, 0) is 0 Å². The average molecular weight is 244 g/mol. The minimum absolute atomic E-state index is 0.446. The van der Waals surface area contributed by atoms with E-state index < -0.39 is 6.09 Å². The number of carbonyl (C=O) groups is 1. The molecule has 0 aliphatic rings. The van der Waals surface area contributed by atoms with Crippen LogP contribution >= 0.6 is 0 Å². The maximum absolute atomic E-state index is 11.4. The molecule has 0 heterocycles. The van der Waals surface area contributed by atoms with Crippen LogP contribution in [0.25, 0.3) is 10.8 Å². The first-order chi connectivity index (χ1) is 8.79. The van der Waals surface area contributed by atoms with E-state index in [0.29, 0.717) is 18.8 Å². The van der Waals surface area contributed by atoms with Gasteiger partial charge in [0.2, 0.25) is 0 Å². The maximum atomic E-state index is 11.4. The fraction of sp³-hybridized carbons (Fsp3) is 0.214. The summed E-state index contributed by atoms with van der Waals surface area (Å²) >= 11 is 0. The van der Waals surface area contributed by atoms with Crippen LogP contribution in [0.15, 0.2) is 42.5 Å². The maximum Gasteiger partial charge on any atom is 0.412 e. The van der Waals surface area contributed by atoms with E-state index in [4.69, 9.17) is 10.5 Å². The molecule has 94 valence electrons. The van der Waals surface area contributed by atoms with Gasteiger partial charge in [-0.15, -0.1) is 0 Å². The standard InChI is InChI=1S/C14H16N2O2/c15-8-3-9-16-14(17)18-13-7-6-11-4-1-2-5-12(11)10-13/h1-2,4-7,10H,3,8-9,15H2,(H,16,17). The van der Waals surface area contributed by atoms with Gasteiger partial charge in [-0.1, -0.05) is 30.3 Å². The van der Waals surface area contributed by atoms with Gasteiger partial charge in [0.25, 0.3) is 0 Å². The van der Waals surface area contributed by atoms with Crippen LogP contribution in [0.5, 0.6) is 5.75 Å². The molecule has 18 heavy (non-hydrogen) atoms. The van der Waals surface area contributed by atoms with Crippen molar-refractivity contribution in [3.05, 3.63) is 42.5 Å². The third kappa shape index (κ3) is 3.21. The van der Waals surface area contributed by atoms with Crippen molar-refractivity contribution in [2.24, 2.45) is 5.73 Å². The number of amides is 1. The first kappa shape index (κ1) is 12.4. The molecule has 0 spiro atoms. The lowest BCUT2D eigenvalue weighted by atomic mass is 10.1. The summed E-state index contributed by atoms with van der Waals surface area (Å²) < 4.78 is 5.18. The van der Waals surface area contributed by atoms with Crippen molar-refractivity contribution in [1.82, 2.24) is 5.32 Å². The number of rotatable bonds is 4. The van der Waals surface area contributed by atoms with Gasteiger partial charge in [0, 0.05) is 6.54 Å². The molecule has 2 rings (SSSR count). The van der Waals surface area contributed by atoms with Gasteiger partial charge in [-0.2, -0.15) is 0 Å². The van der Waals surface area contributed by atoms with E-state index in [0.717, 1.165) is 17.2 Å². The molecule has 2 aromatic carbocycles. The summed E-state index contributed by atoms with van der Waals surface area (Å²) in [5.41, 5.74) is 5.34. The number of carbonyl (C=O) groups excluding carboxylic acids is 1. The molecule has 0 saturated heterocycles. The summed E-state index contributed by atoms with van der Waals surface area (Å²) in [5, 5.41) is 4.80. The molecular weight excluding hydrogens is 228 g/mol. The Morgan fingerprint density at radius 2 is 1.94 bits per heavy atom. The topological polar surface area (TPSA) is 64.3 Å². The number of ether oxygens (including phenoxy) is 1. The van der Waals surface area contributed by atoms with Crippen molar-refractivity contribution < 1.29 is 9.53 Å². The molecule has 4 heteroatoms. The molecule has 0 aliphatic carbocycles. The largest absolute Gasteiger partial charge is 0.412 e. The summed E-state index contributed by atoms with van der Waals surface area (Å²) in [6, 6.07) is 13.5. The second-order valence-corrected chi connectivity index (χ2v) is 3.97. The minimum atomic E-state index is -0.446. The Morgan fingerprint density at radius 3 is 2.72 bits per heavy atom. The van der Waals surface area contributed by atoms with Gasteiger partial charge in [0.05, 0.1) is 0 Å². The molecule has 0 aliphatic heterocycles. The highest BCUT2D eigenvalue weighted by atomic mass is 16.5. The Balaban J connectivity index is 2.01. The molecule has 0 radical (unpaired) electrons. The fourth-order valence-corrected chi connectivity index (χ4v) is 1.67. The number of fused-ring (bicyclic) bond motifs is 1. The van der Waals surface area contributed by atoms with Crippen LogP contribution in [0.1, 0.15) is 6.42 Å².